The van der Waals surface area contributed by atoms with Crippen LogP contribution >= 0.6 is 23.4 Å². The molecule has 132 valence electrons. The van der Waals surface area contributed by atoms with Crippen LogP contribution in [0.2, 0.25) is 5.02 Å². The molecule has 1 aromatic carbocycles. The minimum Gasteiger partial charge on any atom is -0.480 e. The molecule has 1 amide bonds. The third-order valence-electron chi connectivity index (χ3n) is 4.27. The predicted molar refractivity (Wildman–Crippen MR) is 96.7 cm³/mol. The van der Waals surface area contributed by atoms with Crippen molar-refractivity contribution >= 4 is 35.2 Å². The minimum atomic E-state index is -0.800. The Balaban J connectivity index is 1.80. The lowest BCUT2D eigenvalue weighted by molar-refractivity contribution is -0.140. The molecule has 7 heteroatoms. The summed E-state index contributed by atoms with van der Waals surface area (Å²) in [5.74, 6) is -0.313. The molecule has 1 aromatic rings. The van der Waals surface area contributed by atoms with E-state index >= 15 is 0 Å². The normalized spacial score (nSPS) is 15.7. The number of hydrogen-bond donors (Lipinski definition) is 1. The van der Waals surface area contributed by atoms with E-state index in [9.17, 15) is 9.59 Å². The van der Waals surface area contributed by atoms with E-state index in [1.165, 1.54) is 11.8 Å². The van der Waals surface area contributed by atoms with Crippen molar-refractivity contribution in [1.82, 2.24) is 9.80 Å². The number of thioether (sulfide) groups is 1. The maximum atomic E-state index is 12.4. The molecule has 0 radical (unpaired) electrons. The Morgan fingerprint density at radius 3 is 2.58 bits per heavy atom. The van der Waals surface area contributed by atoms with Crippen LogP contribution in [0.5, 0.6) is 0 Å². The number of halogens is 1. The van der Waals surface area contributed by atoms with Gasteiger partial charge in [0.2, 0.25) is 5.91 Å². The number of likely N-dealkylation sites (N-methyl/N-ethyl adjacent to an activating group) is 1. The summed E-state index contributed by atoms with van der Waals surface area (Å²) in [6.45, 7) is 4.12. The highest BCUT2D eigenvalue weighted by atomic mass is 35.5. The van der Waals surface area contributed by atoms with Crippen LogP contribution in [0, 0.1) is 0 Å². The predicted octanol–water partition coefficient (Wildman–Crippen LogP) is 2.83. The summed E-state index contributed by atoms with van der Waals surface area (Å²) in [6.07, 6.45) is 1.65. The lowest BCUT2D eigenvalue weighted by atomic mass is 10.0. The number of amides is 1. The minimum absolute atomic E-state index is 0.0669. The number of rotatable bonds is 7. The molecule has 0 unspecified atom stereocenters. The molecule has 0 spiro atoms. The maximum Gasteiger partial charge on any atom is 0.317 e. The second-order valence-electron chi connectivity index (χ2n) is 5.79. The standard InChI is InChI=1S/C17H23ClN2O3S/c1-2-19(11-17(22)23)13-7-9-20(10-8-13)16(21)12-24-15-6-4-3-5-14(15)18/h3-6,13H,2,7-12H2,1H3,(H,22,23). The van der Waals surface area contributed by atoms with Gasteiger partial charge in [0.1, 0.15) is 0 Å². The Kier molecular flexibility index (Phi) is 7.40. The van der Waals surface area contributed by atoms with Crippen LogP contribution < -0.4 is 0 Å². The number of aliphatic carboxylic acids is 1. The maximum absolute atomic E-state index is 12.4. The highest BCUT2D eigenvalue weighted by Crippen LogP contribution is 2.27. The molecule has 1 heterocycles. The molecule has 24 heavy (non-hydrogen) atoms. The fourth-order valence-corrected chi connectivity index (χ4v) is 4.09. The smallest absolute Gasteiger partial charge is 0.317 e. The van der Waals surface area contributed by atoms with E-state index in [-0.39, 0.29) is 18.5 Å². The first-order chi connectivity index (χ1) is 11.5. The molecule has 1 N–H and O–H groups in total. The summed E-state index contributed by atoms with van der Waals surface area (Å²) in [5.41, 5.74) is 0. The van der Waals surface area contributed by atoms with Crippen molar-refractivity contribution in [2.24, 2.45) is 0 Å². The molecule has 0 aromatic heterocycles. The molecule has 1 aliphatic heterocycles. The molecule has 0 saturated carbocycles. The van der Waals surface area contributed by atoms with Crippen molar-refractivity contribution in [3.05, 3.63) is 29.3 Å². The third-order valence-corrected chi connectivity index (χ3v) is 5.77. The Hall–Kier alpha value is -1.24. The zero-order valence-electron chi connectivity index (χ0n) is 13.8. The summed E-state index contributed by atoms with van der Waals surface area (Å²) >= 11 is 7.56. The summed E-state index contributed by atoms with van der Waals surface area (Å²) < 4.78 is 0. The van der Waals surface area contributed by atoms with E-state index in [4.69, 9.17) is 16.7 Å². The van der Waals surface area contributed by atoms with Gasteiger partial charge in [-0.1, -0.05) is 30.7 Å². The average molecular weight is 371 g/mol. The Morgan fingerprint density at radius 2 is 2.00 bits per heavy atom. The van der Waals surface area contributed by atoms with Crippen LogP contribution in [0.3, 0.4) is 0 Å². The second-order valence-corrected chi connectivity index (χ2v) is 7.21. The van der Waals surface area contributed by atoms with Crippen molar-refractivity contribution in [3.63, 3.8) is 0 Å². The van der Waals surface area contributed by atoms with Gasteiger partial charge >= 0.3 is 5.97 Å². The van der Waals surface area contributed by atoms with Crippen LogP contribution in [0.15, 0.2) is 29.2 Å². The van der Waals surface area contributed by atoms with Crippen molar-refractivity contribution in [2.45, 2.75) is 30.7 Å². The number of carbonyl (C=O) groups is 2. The number of carboxylic acids is 1. The van der Waals surface area contributed by atoms with E-state index in [1.54, 1.807) is 0 Å². The van der Waals surface area contributed by atoms with Crippen LogP contribution in [0.25, 0.3) is 0 Å². The number of nitrogens with zero attached hydrogens (tertiary/aromatic N) is 2. The van der Waals surface area contributed by atoms with Gasteiger partial charge in [0, 0.05) is 24.0 Å². The fraction of sp³-hybridized carbons (Fsp3) is 0.529. The summed E-state index contributed by atoms with van der Waals surface area (Å²) in [5, 5.41) is 9.63. The molecule has 0 atom stereocenters. The molecule has 0 bridgehead atoms. The van der Waals surface area contributed by atoms with Crippen LogP contribution in [0.1, 0.15) is 19.8 Å². The quantitative estimate of drug-likeness (QED) is 0.748. The van der Waals surface area contributed by atoms with E-state index in [0.717, 1.165) is 17.7 Å². The zero-order chi connectivity index (χ0) is 17.5. The number of benzene rings is 1. The first-order valence-corrected chi connectivity index (χ1v) is 9.48. The van der Waals surface area contributed by atoms with Crippen molar-refractivity contribution < 1.29 is 14.7 Å². The van der Waals surface area contributed by atoms with Crippen molar-refractivity contribution in [2.75, 3.05) is 31.9 Å². The van der Waals surface area contributed by atoms with Gasteiger partial charge in [0.15, 0.2) is 0 Å². The number of piperidine rings is 1. The Morgan fingerprint density at radius 1 is 1.33 bits per heavy atom. The molecule has 1 aliphatic rings. The molecule has 1 fully saturated rings. The summed E-state index contributed by atoms with van der Waals surface area (Å²) in [6, 6.07) is 7.76. The SMILES string of the molecule is CCN(CC(=O)O)C1CCN(C(=O)CSc2ccccc2Cl)CC1. The average Bonchev–Trinajstić information content (AvgIpc) is 2.58. The second kappa shape index (κ2) is 9.30. The van der Waals surface area contributed by atoms with Gasteiger partial charge in [0.05, 0.1) is 17.3 Å². The first-order valence-electron chi connectivity index (χ1n) is 8.12. The van der Waals surface area contributed by atoms with Crippen LogP contribution in [-0.4, -0.2) is 64.8 Å². The van der Waals surface area contributed by atoms with Gasteiger partial charge in [-0.3, -0.25) is 14.5 Å². The van der Waals surface area contributed by atoms with Gasteiger partial charge < -0.3 is 10.0 Å². The molecule has 2 rings (SSSR count). The number of carboxylic acid groups (broad SMARTS) is 1. The van der Waals surface area contributed by atoms with Crippen molar-refractivity contribution in [1.29, 1.82) is 0 Å². The Labute approximate surface area is 152 Å². The number of hydrogen-bond acceptors (Lipinski definition) is 4. The summed E-state index contributed by atoms with van der Waals surface area (Å²) in [7, 11) is 0. The monoisotopic (exact) mass is 370 g/mol. The highest BCUT2D eigenvalue weighted by molar-refractivity contribution is 8.00. The van der Waals surface area contributed by atoms with E-state index in [2.05, 4.69) is 0 Å². The Bertz CT molecular complexity index is 577. The van der Waals surface area contributed by atoms with E-state index < -0.39 is 5.97 Å². The lowest BCUT2D eigenvalue weighted by Crippen LogP contribution is -2.48. The number of likely N-dealkylation sites (tertiary alicyclic amines) is 1. The first kappa shape index (κ1) is 19.1. The topological polar surface area (TPSA) is 60.9 Å². The van der Waals surface area contributed by atoms with Crippen LogP contribution in [0.4, 0.5) is 0 Å². The van der Waals surface area contributed by atoms with Gasteiger partial charge in [-0.2, -0.15) is 0 Å². The highest BCUT2D eigenvalue weighted by Gasteiger charge is 2.27. The molecule has 5 nitrogen and oxygen atoms in total. The largest absolute Gasteiger partial charge is 0.480 e. The molecule has 1 saturated heterocycles. The molecule has 0 aliphatic carbocycles. The number of carbonyl (C=O) groups excluding carboxylic acids is 1. The van der Waals surface area contributed by atoms with Gasteiger partial charge in [-0.25, -0.2) is 0 Å². The van der Waals surface area contributed by atoms with Crippen molar-refractivity contribution in [3.8, 4) is 0 Å². The van der Waals surface area contributed by atoms with Gasteiger partial charge in [-0.15, -0.1) is 11.8 Å². The zero-order valence-corrected chi connectivity index (χ0v) is 15.4. The molecular weight excluding hydrogens is 348 g/mol. The van der Waals surface area contributed by atoms with Gasteiger partial charge in [0.25, 0.3) is 0 Å². The van der Waals surface area contributed by atoms with E-state index in [1.807, 2.05) is 41.0 Å². The summed E-state index contributed by atoms with van der Waals surface area (Å²) in [4.78, 5) is 28.0. The fourth-order valence-electron chi connectivity index (χ4n) is 2.95. The van der Waals surface area contributed by atoms with Gasteiger partial charge in [-0.05, 0) is 31.5 Å². The molecular formula is C17H23ClN2O3S. The van der Waals surface area contributed by atoms with E-state index in [0.29, 0.717) is 30.4 Å². The third kappa shape index (κ3) is 5.40. The van der Waals surface area contributed by atoms with Crippen LogP contribution in [-0.2, 0) is 9.59 Å². The lowest BCUT2D eigenvalue weighted by Gasteiger charge is -2.37.